The molecule has 1 aliphatic rings. The molecule has 30 heavy (non-hydrogen) atoms. The maximum Gasteiger partial charge on any atom is 0.222 e. The Morgan fingerprint density at radius 1 is 0.900 bits per heavy atom. The number of hydrogen-bond acceptors (Lipinski definition) is 5. The molecule has 156 valence electrons. The van der Waals surface area contributed by atoms with Crippen molar-refractivity contribution in [2.45, 2.75) is 32.4 Å². The van der Waals surface area contributed by atoms with Gasteiger partial charge in [-0.05, 0) is 23.6 Å². The summed E-state index contributed by atoms with van der Waals surface area (Å²) < 4.78 is 0. The van der Waals surface area contributed by atoms with Crippen molar-refractivity contribution in [3.63, 3.8) is 0 Å². The molecule has 2 aromatic carbocycles. The lowest BCUT2D eigenvalue weighted by Crippen LogP contribution is -2.35. The fourth-order valence-electron chi connectivity index (χ4n) is 3.79. The Kier molecular flexibility index (Phi) is 6.82. The molecular weight excluding hydrogens is 376 g/mol. The van der Waals surface area contributed by atoms with Gasteiger partial charge in [-0.15, -0.1) is 10.2 Å². The van der Waals surface area contributed by atoms with Crippen molar-refractivity contribution in [1.82, 2.24) is 30.0 Å². The predicted octanol–water partition coefficient (Wildman–Crippen LogP) is 2.85. The average Bonchev–Trinajstić information content (AvgIpc) is 3.13. The molecule has 3 aromatic rings. The van der Waals surface area contributed by atoms with Crippen LogP contribution in [0, 0.1) is 0 Å². The van der Waals surface area contributed by atoms with Gasteiger partial charge < -0.3 is 4.90 Å². The van der Waals surface area contributed by atoms with Gasteiger partial charge in [0, 0.05) is 44.7 Å². The van der Waals surface area contributed by atoms with E-state index in [1.807, 2.05) is 41.3 Å². The van der Waals surface area contributed by atoms with E-state index in [2.05, 4.69) is 44.6 Å². The monoisotopic (exact) mass is 404 g/mol. The van der Waals surface area contributed by atoms with E-state index in [0.717, 1.165) is 44.7 Å². The van der Waals surface area contributed by atoms with Gasteiger partial charge in [-0.2, -0.15) is 4.80 Å². The second-order valence-corrected chi connectivity index (χ2v) is 7.67. The van der Waals surface area contributed by atoms with E-state index in [-0.39, 0.29) is 5.91 Å². The Morgan fingerprint density at radius 3 is 2.47 bits per heavy atom. The molecule has 1 aromatic heterocycles. The highest BCUT2D eigenvalue weighted by Gasteiger charge is 2.19. The molecule has 4 rings (SSSR count). The Bertz CT molecular complexity index is 927. The van der Waals surface area contributed by atoms with Gasteiger partial charge in [0.25, 0.3) is 0 Å². The number of rotatable bonds is 7. The molecule has 1 saturated heterocycles. The Balaban J connectivity index is 1.21. The van der Waals surface area contributed by atoms with Crippen LogP contribution in [0.15, 0.2) is 60.7 Å². The zero-order valence-corrected chi connectivity index (χ0v) is 17.2. The number of nitrogens with zero attached hydrogens (tertiary/aromatic N) is 6. The fraction of sp³-hybridized carbons (Fsp3) is 0.391. The van der Waals surface area contributed by atoms with Gasteiger partial charge in [-0.3, -0.25) is 9.69 Å². The Morgan fingerprint density at radius 2 is 1.67 bits per heavy atom. The van der Waals surface area contributed by atoms with Crippen LogP contribution in [-0.4, -0.2) is 62.1 Å². The van der Waals surface area contributed by atoms with Crippen LogP contribution in [0.25, 0.3) is 11.4 Å². The first-order chi connectivity index (χ1) is 14.8. The maximum atomic E-state index is 12.7. The fourth-order valence-corrected chi connectivity index (χ4v) is 3.79. The molecule has 0 spiro atoms. The van der Waals surface area contributed by atoms with Gasteiger partial charge in [-0.1, -0.05) is 60.7 Å². The van der Waals surface area contributed by atoms with Gasteiger partial charge >= 0.3 is 0 Å². The molecule has 7 heteroatoms. The van der Waals surface area contributed by atoms with Gasteiger partial charge in [0.05, 0.1) is 6.54 Å². The second kappa shape index (κ2) is 10.1. The molecule has 0 N–H and O–H groups in total. The summed E-state index contributed by atoms with van der Waals surface area (Å²) in [7, 11) is 0. The topological polar surface area (TPSA) is 67.2 Å². The Hall–Kier alpha value is -3.06. The molecule has 1 aliphatic heterocycles. The van der Waals surface area contributed by atoms with Crippen LogP contribution in [0.1, 0.15) is 24.8 Å². The highest BCUT2D eigenvalue weighted by Crippen LogP contribution is 2.13. The number of benzene rings is 2. The van der Waals surface area contributed by atoms with Crippen molar-refractivity contribution in [2.24, 2.45) is 0 Å². The van der Waals surface area contributed by atoms with E-state index in [1.54, 1.807) is 4.80 Å². The zero-order valence-electron chi connectivity index (χ0n) is 17.2. The first kappa shape index (κ1) is 20.2. The number of tetrazole rings is 1. The molecule has 1 fully saturated rings. The van der Waals surface area contributed by atoms with Crippen molar-refractivity contribution in [2.75, 3.05) is 26.2 Å². The summed E-state index contributed by atoms with van der Waals surface area (Å²) in [4.78, 5) is 18.7. The maximum absolute atomic E-state index is 12.7. The Labute approximate surface area is 177 Å². The van der Waals surface area contributed by atoms with Crippen LogP contribution < -0.4 is 0 Å². The lowest BCUT2D eigenvalue weighted by atomic mass is 10.2. The molecule has 7 nitrogen and oxygen atoms in total. The SMILES string of the molecule is O=C(CCCn1nnc(-c2ccccc2)n1)N1CCCN(Cc2ccccc2)CC1. The first-order valence-electron chi connectivity index (χ1n) is 10.7. The van der Waals surface area contributed by atoms with Crippen molar-refractivity contribution in [3.8, 4) is 11.4 Å². The summed E-state index contributed by atoms with van der Waals surface area (Å²) in [5.41, 5.74) is 2.27. The average molecular weight is 405 g/mol. The molecule has 0 radical (unpaired) electrons. The molecule has 1 amide bonds. The van der Waals surface area contributed by atoms with Crippen LogP contribution in [0.5, 0.6) is 0 Å². The van der Waals surface area contributed by atoms with Crippen LogP contribution in [-0.2, 0) is 17.9 Å². The predicted molar refractivity (Wildman–Crippen MR) is 115 cm³/mol. The standard InChI is InChI=1S/C23H28N6O/c30-22(13-7-16-29-25-23(24-26-29)21-11-5-2-6-12-21)28-15-8-14-27(17-18-28)19-20-9-3-1-4-10-20/h1-6,9-12H,7-8,13-19H2. The quantitative estimate of drug-likeness (QED) is 0.606. The minimum atomic E-state index is 0.222. The van der Waals surface area contributed by atoms with Crippen LogP contribution in [0.4, 0.5) is 0 Å². The molecular formula is C23H28N6O. The number of aryl methyl sites for hydroxylation is 1. The highest BCUT2D eigenvalue weighted by molar-refractivity contribution is 5.76. The molecule has 0 aliphatic carbocycles. The number of carbonyl (C=O) groups is 1. The van der Waals surface area contributed by atoms with Crippen molar-refractivity contribution in [3.05, 3.63) is 66.2 Å². The first-order valence-corrected chi connectivity index (χ1v) is 10.7. The van der Waals surface area contributed by atoms with Crippen LogP contribution >= 0.6 is 0 Å². The largest absolute Gasteiger partial charge is 0.341 e. The number of aromatic nitrogens is 4. The third-order valence-corrected chi connectivity index (χ3v) is 5.42. The third kappa shape index (κ3) is 5.51. The summed E-state index contributed by atoms with van der Waals surface area (Å²) in [6.45, 7) is 5.13. The van der Waals surface area contributed by atoms with Crippen molar-refractivity contribution >= 4 is 5.91 Å². The summed E-state index contributed by atoms with van der Waals surface area (Å²) in [6.07, 6.45) is 2.25. The molecule has 0 unspecified atom stereocenters. The summed E-state index contributed by atoms with van der Waals surface area (Å²) in [6, 6.07) is 20.3. The second-order valence-electron chi connectivity index (χ2n) is 7.67. The lowest BCUT2D eigenvalue weighted by molar-refractivity contribution is -0.131. The summed E-state index contributed by atoms with van der Waals surface area (Å²) in [5.74, 6) is 0.841. The van der Waals surface area contributed by atoms with Gasteiger partial charge in [-0.25, -0.2) is 0 Å². The highest BCUT2D eigenvalue weighted by atomic mass is 16.2. The van der Waals surface area contributed by atoms with E-state index < -0.39 is 0 Å². The minimum absolute atomic E-state index is 0.222. The van der Waals surface area contributed by atoms with Crippen molar-refractivity contribution in [1.29, 1.82) is 0 Å². The van der Waals surface area contributed by atoms with E-state index >= 15 is 0 Å². The van der Waals surface area contributed by atoms with E-state index in [1.165, 1.54) is 5.56 Å². The minimum Gasteiger partial charge on any atom is -0.341 e. The van der Waals surface area contributed by atoms with Crippen LogP contribution in [0.2, 0.25) is 0 Å². The summed E-state index contributed by atoms with van der Waals surface area (Å²) in [5, 5.41) is 12.6. The normalized spacial score (nSPS) is 15.1. The van der Waals surface area contributed by atoms with Gasteiger partial charge in [0.15, 0.2) is 0 Å². The van der Waals surface area contributed by atoms with Crippen molar-refractivity contribution < 1.29 is 4.79 Å². The van der Waals surface area contributed by atoms with E-state index in [4.69, 9.17) is 0 Å². The number of carbonyl (C=O) groups excluding carboxylic acids is 1. The lowest BCUT2D eigenvalue weighted by Gasteiger charge is -2.22. The van der Waals surface area contributed by atoms with Crippen LogP contribution in [0.3, 0.4) is 0 Å². The van der Waals surface area contributed by atoms with Gasteiger partial charge in [0.1, 0.15) is 0 Å². The molecule has 0 bridgehead atoms. The number of hydrogen-bond donors (Lipinski definition) is 0. The zero-order chi connectivity index (χ0) is 20.6. The van der Waals surface area contributed by atoms with E-state index in [9.17, 15) is 4.79 Å². The number of amides is 1. The van der Waals surface area contributed by atoms with E-state index in [0.29, 0.717) is 25.2 Å². The smallest absolute Gasteiger partial charge is 0.222 e. The van der Waals surface area contributed by atoms with Gasteiger partial charge in [0.2, 0.25) is 11.7 Å². The third-order valence-electron chi connectivity index (χ3n) is 5.42. The molecule has 0 saturated carbocycles. The molecule has 0 atom stereocenters. The molecule has 2 heterocycles. The summed E-state index contributed by atoms with van der Waals surface area (Å²) >= 11 is 0.